The molecule has 4 rings (SSSR count). The summed E-state index contributed by atoms with van der Waals surface area (Å²) in [6.07, 6.45) is 3.34. The Labute approximate surface area is 135 Å². The van der Waals surface area contributed by atoms with Crippen LogP contribution in [0, 0.1) is 11.3 Å². The molecule has 0 radical (unpaired) electrons. The standard InChI is InChI=1S/C17H10N4OS/c18-9-11(16-20-13-4-1-2-5-14(13)21-16)8-12-10-23-17(19-12)15-6-3-7-22-15/h1-8,10H,(H,20,21)/b11-8+. The second-order valence-electron chi connectivity index (χ2n) is 4.83. The number of H-pyrrole nitrogens is 1. The van der Waals surface area contributed by atoms with E-state index >= 15 is 0 Å². The smallest absolute Gasteiger partial charge is 0.162 e. The first-order valence-corrected chi connectivity index (χ1v) is 7.78. The first kappa shape index (κ1) is 13.5. The average Bonchev–Trinajstić information content (AvgIpc) is 3.30. The van der Waals surface area contributed by atoms with Crippen LogP contribution in [0.25, 0.3) is 33.5 Å². The highest BCUT2D eigenvalue weighted by Gasteiger charge is 2.10. The fraction of sp³-hybridized carbons (Fsp3) is 0. The zero-order chi connectivity index (χ0) is 15.6. The SMILES string of the molecule is N#C/C(=C\c1csc(-c2ccco2)n1)c1nc2ccccc2[nH]1. The maximum absolute atomic E-state index is 9.44. The van der Waals surface area contributed by atoms with Crippen molar-refractivity contribution < 1.29 is 4.42 Å². The van der Waals surface area contributed by atoms with Crippen LogP contribution >= 0.6 is 11.3 Å². The van der Waals surface area contributed by atoms with Gasteiger partial charge in [-0.1, -0.05) is 12.1 Å². The molecule has 5 nitrogen and oxygen atoms in total. The molecular weight excluding hydrogens is 308 g/mol. The molecule has 110 valence electrons. The van der Waals surface area contributed by atoms with Crippen LogP contribution in [0.3, 0.4) is 0 Å². The highest BCUT2D eigenvalue weighted by Crippen LogP contribution is 2.26. The molecule has 0 saturated heterocycles. The van der Waals surface area contributed by atoms with Crippen molar-refractivity contribution in [1.29, 1.82) is 5.26 Å². The number of fused-ring (bicyclic) bond motifs is 1. The van der Waals surface area contributed by atoms with Crippen molar-refractivity contribution in [3.05, 3.63) is 59.6 Å². The number of aromatic amines is 1. The number of hydrogen-bond donors (Lipinski definition) is 1. The molecule has 0 amide bonds. The Hall–Kier alpha value is -3.17. The lowest BCUT2D eigenvalue weighted by molar-refractivity contribution is 0.582. The predicted octanol–water partition coefficient (Wildman–Crippen LogP) is 4.34. The monoisotopic (exact) mass is 318 g/mol. The number of nitriles is 1. The van der Waals surface area contributed by atoms with Gasteiger partial charge in [-0.25, -0.2) is 9.97 Å². The van der Waals surface area contributed by atoms with Gasteiger partial charge in [0.1, 0.15) is 11.9 Å². The number of imidazole rings is 1. The summed E-state index contributed by atoms with van der Waals surface area (Å²) in [5.41, 5.74) is 2.88. The van der Waals surface area contributed by atoms with E-state index in [1.165, 1.54) is 11.3 Å². The zero-order valence-corrected chi connectivity index (χ0v) is 12.7. The molecule has 1 aromatic carbocycles. The lowest BCUT2D eigenvalue weighted by Crippen LogP contribution is -1.85. The summed E-state index contributed by atoms with van der Waals surface area (Å²) in [5.74, 6) is 1.26. The third-order valence-corrected chi connectivity index (χ3v) is 4.19. The van der Waals surface area contributed by atoms with Gasteiger partial charge < -0.3 is 9.40 Å². The van der Waals surface area contributed by atoms with E-state index in [4.69, 9.17) is 4.42 Å². The van der Waals surface area contributed by atoms with E-state index in [0.717, 1.165) is 21.8 Å². The van der Waals surface area contributed by atoms with Crippen LogP contribution in [-0.2, 0) is 0 Å². The Morgan fingerprint density at radius 1 is 1.22 bits per heavy atom. The third kappa shape index (κ3) is 2.54. The van der Waals surface area contributed by atoms with Crippen LogP contribution in [0.4, 0.5) is 0 Å². The molecule has 0 unspecified atom stereocenters. The topological polar surface area (TPSA) is 78.5 Å². The molecule has 3 heterocycles. The van der Waals surface area contributed by atoms with Gasteiger partial charge in [-0.05, 0) is 30.3 Å². The van der Waals surface area contributed by atoms with Crippen molar-refractivity contribution >= 4 is 34.0 Å². The third-order valence-electron chi connectivity index (χ3n) is 3.31. The Morgan fingerprint density at radius 3 is 2.91 bits per heavy atom. The maximum atomic E-state index is 9.44. The molecule has 3 aromatic heterocycles. The van der Waals surface area contributed by atoms with Gasteiger partial charge >= 0.3 is 0 Å². The number of benzene rings is 1. The number of nitrogens with zero attached hydrogens (tertiary/aromatic N) is 3. The molecule has 0 spiro atoms. The molecule has 0 bridgehead atoms. The molecule has 0 aliphatic rings. The van der Waals surface area contributed by atoms with E-state index in [2.05, 4.69) is 21.0 Å². The fourth-order valence-electron chi connectivity index (χ4n) is 2.25. The van der Waals surface area contributed by atoms with Crippen LogP contribution < -0.4 is 0 Å². The molecule has 1 N–H and O–H groups in total. The fourth-order valence-corrected chi connectivity index (χ4v) is 2.99. The zero-order valence-electron chi connectivity index (χ0n) is 11.9. The number of nitrogens with one attached hydrogen (secondary N) is 1. The van der Waals surface area contributed by atoms with Gasteiger partial charge in [-0.2, -0.15) is 5.26 Å². The van der Waals surface area contributed by atoms with Gasteiger partial charge in [-0.15, -0.1) is 11.3 Å². The minimum atomic E-state index is 0.442. The number of aromatic nitrogens is 3. The number of hydrogen-bond acceptors (Lipinski definition) is 5. The van der Waals surface area contributed by atoms with E-state index in [-0.39, 0.29) is 0 Å². The minimum absolute atomic E-state index is 0.442. The quantitative estimate of drug-likeness (QED) is 0.570. The van der Waals surface area contributed by atoms with E-state index in [9.17, 15) is 5.26 Å². The molecule has 0 fully saturated rings. The van der Waals surface area contributed by atoms with Gasteiger partial charge in [0.15, 0.2) is 10.8 Å². The van der Waals surface area contributed by atoms with Crippen molar-refractivity contribution in [1.82, 2.24) is 15.0 Å². The normalized spacial score (nSPS) is 11.7. The second kappa shape index (κ2) is 5.55. The lowest BCUT2D eigenvalue weighted by atomic mass is 10.2. The van der Waals surface area contributed by atoms with E-state index in [1.54, 1.807) is 12.3 Å². The molecule has 0 aliphatic carbocycles. The Balaban J connectivity index is 1.72. The van der Waals surface area contributed by atoms with Crippen LogP contribution in [0.2, 0.25) is 0 Å². The van der Waals surface area contributed by atoms with Crippen molar-refractivity contribution in [3.63, 3.8) is 0 Å². The first-order chi connectivity index (χ1) is 11.3. The summed E-state index contributed by atoms with van der Waals surface area (Å²) in [5, 5.41) is 12.1. The van der Waals surface area contributed by atoms with Gasteiger partial charge in [0.25, 0.3) is 0 Å². The summed E-state index contributed by atoms with van der Waals surface area (Å²) in [6, 6.07) is 13.5. The van der Waals surface area contributed by atoms with Gasteiger partial charge in [0.2, 0.25) is 0 Å². The summed E-state index contributed by atoms with van der Waals surface area (Å²) in [4.78, 5) is 12.1. The van der Waals surface area contributed by atoms with Crippen LogP contribution in [0.15, 0.2) is 52.5 Å². The Bertz CT molecular complexity index is 1000. The van der Waals surface area contributed by atoms with Gasteiger partial charge in [-0.3, -0.25) is 0 Å². The molecule has 6 heteroatoms. The summed E-state index contributed by atoms with van der Waals surface area (Å²) >= 11 is 1.47. The number of rotatable bonds is 3. The summed E-state index contributed by atoms with van der Waals surface area (Å²) in [6.45, 7) is 0. The first-order valence-electron chi connectivity index (χ1n) is 6.90. The number of allylic oxidation sites excluding steroid dienone is 1. The van der Waals surface area contributed by atoms with Crippen LogP contribution in [0.1, 0.15) is 11.5 Å². The van der Waals surface area contributed by atoms with Crippen molar-refractivity contribution in [2.24, 2.45) is 0 Å². The van der Waals surface area contributed by atoms with Gasteiger partial charge in [0, 0.05) is 5.38 Å². The van der Waals surface area contributed by atoms with Crippen molar-refractivity contribution in [2.75, 3.05) is 0 Å². The molecule has 0 saturated carbocycles. The molecule has 0 aliphatic heterocycles. The van der Waals surface area contributed by atoms with Crippen molar-refractivity contribution in [2.45, 2.75) is 0 Å². The van der Waals surface area contributed by atoms with Crippen molar-refractivity contribution in [3.8, 4) is 16.8 Å². The van der Waals surface area contributed by atoms with Crippen LogP contribution in [-0.4, -0.2) is 15.0 Å². The molecule has 4 aromatic rings. The highest BCUT2D eigenvalue weighted by atomic mass is 32.1. The lowest BCUT2D eigenvalue weighted by Gasteiger charge is -1.91. The molecular formula is C17H10N4OS. The average molecular weight is 318 g/mol. The molecule has 23 heavy (non-hydrogen) atoms. The van der Waals surface area contributed by atoms with Gasteiger partial charge in [0.05, 0.1) is 28.6 Å². The van der Waals surface area contributed by atoms with Crippen LogP contribution in [0.5, 0.6) is 0 Å². The summed E-state index contributed by atoms with van der Waals surface area (Å²) < 4.78 is 5.33. The largest absolute Gasteiger partial charge is 0.462 e. The predicted molar refractivity (Wildman–Crippen MR) is 89.4 cm³/mol. The Morgan fingerprint density at radius 2 is 2.13 bits per heavy atom. The summed E-state index contributed by atoms with van der Waals surface area (Å²) in [7, 11) is 0. The molecule has 0 atom stereocenters. The van der Waals surface area contributed by atoms with E-state index < -0.39 is 0 Å². The van der Waals surface area contributed by atoms with E-state index in [0.29, 0.717) is 17.1 Å². The number of thiazole rings is 1. The number of para-hydroxylation sites is 2. The minimum Gasteiger partial charge on any atom is -0.462 e. The Kier molecular flexibility index (Phi) is 3.26. The highest BCUT2D eigenvalue weighted by molar-refractivity contribution is 7.13. The van der Waals surface area contributed by atoms with E-state index in [1.807, 2.05) is 41.8 Å². The number of furan rings is 1. The maximum Gasteiger partial charge on any atom is 0.162 e. The second-order valence-corrected chi connectivity index (χ2v) is 5.69.